The first-order valence-corrected chi connectivity index (χ1v) is 6.52. The Morgan fingerprint density at radius 1 is 1.11 bits per heavy atom. The zero-order chi connectivity index (χ0) is 13.8. The van der Waals surface area contributed by atoms with E-state index in [0.29, 0.717) is 17.0 Å². The molecule has 0 radical (unpaired) electrons. The van der Waals surface area contributed by atoms with Gasteiger partial charge in [0.15, 0.2) is 5.78 Å². The zero-order valence-electron chi connectivity index (χ0n) is 10.6. The van der Waals surface area contributed by atoms with Gasteiger partial charge in [0.25, 0.3) is 0 Å². The molecule has 0 saturated heterocycles. The lowest BCUT2D eigenvalue weighted by Gasteiger charge is -2.11. The van der Waals surface area contributed by atoms with Crippen LogP contribution in [0.4, 0.5) is 0 Å². The maximum absolute atomic E-state index is 12.1. The van der Waals surface area contributed by atoms with Gasteiger partial charge in [0.2, 0.25) is 0 Å². The second kappa shape index (κ2) is 5.89. The molecule has 1 N–H and O–H groups in total. The number of rotatable bonds is 4. The highest BCUT2D eigenvalue weighted by molar-refractivity contribution is 6.30. The molecule has 2 aromatic rings. The third-order valence-electron chi connectivity index (χ3n) is 3.12. The van der Waals surface area contributed by atoms with E-state index in [1.807, 2.05) is 31.2 Å². The number of hydrogen-bond donors (Lipinski definition) is 1. The molecule has 0 spiro atoms. The first-order valence-electron chi connectivity index (χ1n) is 6.14. The minimum Gasteiger partial charge on any atom is -0.508 e. The smallest absolute Gasteiger partial charge is 0.163 e. The molecule has 2 aromatic carbocycles. The van der Waals surface area contributed by atoms with E-state index in [0.717, 1.165) is 5.56 Å². The van der Waals surface area contributed by atoms with E-state index >= 15 is 0 Å². The molecule has 0 fully saturated rings. The molecule has 19 heavy (non-hydrogen) atoms. The Morgan fingerprint density at radius 2 is 1.68 bits per heavy atom. The second-order valence-electron chi connectivity index (χ2n) is 4.63. The average molecular weight is 275 g/mol. The summed E-state index contributed by atoms with van der Waals surface area (Å²) in [5.41, 5.74) is 1.72. The Labute approximate surface area is 117 Å². The van der Waals surface area contributed by atoms with Gasteiger partial charge in [-0.3, -0.25) is 4.79 Å². The number of carbonyl (C=O) groups is 1. The molecule has 0 heterocycles. The average Bonchev–Trinajstić information content (AvgIpc) is 2.40. The number of benzene rings is 2. The van der Waals surface area contributed by atoms with Crippen molar-refractivity contribution in [2.24, 2.45) is 0 Å². The quantitative estimate of drug-likeness (QED) is 0.838. The number of halogens is 1. The topological polar surface area (TPSA) is 37.3 Å². The molecule has 0 saturated carbocycles. The van der Waals surface area contributed by atoms with Crippen molar-refractivity contribution in [3.63, 3.8) is 0 Å². The zero-order valence-corrected chi connectivity index (χ0v) is 11.4. The summed E-state index contributed by atoms with van der Waals surface area (Å²) in [5.74, 6) is 0.378. The minimum atomic E-state index is 0.0717. The van der Waals surface area contributed by atoms with E-state index in [1.54, 1.807) is 12.1 Å². The van der Waals surface area contributed by atoms with Crippen molar-refractivity contribution >= 4 is 17.4 Å². The van der Waals surface area contributed by atoms with Crippen LogP contribution < -0.4 is 0 Å². The highest BCUT2D eigenvalue weighted by Gasteiger charge is 2.13. The highest BCUT2D eigenvalue weighted by atomic mass is 35.5. The van der Waals surface area contributed by atoms with Gasteiger partial charge in [-0.15, -0.1) is 0 Å². The number of aromatic hydroxyl groups is 1. The molecule has 2 rings (SSSR count). The highest BCUT2D eigenvalue weighted by Crippen LogP contribution is 2.23. The van der Waals surface area contributed by atoms with Crippen LogP contribution in [0.3, 0.4) is 0 Å². The SMILES string of the molecule is CC(CC(=O)c1ccc(O)cc1)c1ccc(Cl)cc1. The van der Waals surface area contributed by atoms with Gasteiger partial charge in [-0.1, -0.05) is 30.7 Å². The van der Waals surface area contributed by atoms with Crippen molar-refractivity contribution < 1.29 is 9.90 Å². The number of ketones is 1. The molecule has 1 unspecified atom stereocenters. The third-order valence-corrected chi connectivity index (χ3v) is 3.37. The van der Waals surface area contributed by atoms with Gasteiger partial charge in [0, 0.05) is 17.0 Å². The first-order chi connectivity index (χ1) is 9.06. The number of phenols is 1. The van der Waals surface area contributed by atoms with Crippen molar-refractivity contribution in [1.82, 2.24) is 0 Å². The molecule has 0 aliphatic heterocycles. The lowest BCUT2D eigenvalue weighted by Crippen LogP contribution is -2.04. The number of hydrogen-bond acceptors (Lipinski definition) is 2. The van der Waals surface area contributed by atoms with Crippen LogP contribution in [-0.2, 0) is 0 Å². The molecule has 0 aliphatic carbocycles. The second-order valence-corrected chi connectivity index (χ2v) is 5.06. The van der Waals surface area contributed by atoms with Crippen LogP contribution >= 0.6 is 11.6 Å². The first kappa shape index (κ1) is 13.6. The predicted molar refractivity (Wildman–Crippen MR) is 76.9 cm³/mol. The maximum atomic E-state index is 12.1. The van der Waals surface area contributed by atoms with Gasteiger partial charge in [-0.05, 0) is 47.9 Å². The van der Waals surface area contributed by atoms with Crippen LogP contribution in [0.5, 0.6) is 5.75 Å². The molecule has 0 aliphatic rings. The van der Waals surface area contributed by atoms with E-state index in [-0.39, 0.29) is 17.5 Å². The van der Waals surface area contributed by atoms with Crippen molar-refractivity contribution in [2.75, 3.05) is 0 Å². The Bertz CT molecular complexity index is 558. The van der Waals surface area contributed by atoms with Crippen molar-refractivity contribution in [3.05, 3.63) is 64.7 Å². The fourth-order valence-electron chi connectivity index (χ4n) is 1.95. The molecular formula is C16H15ClO2. The number of carbonyl (C=O) groups excluding carboxylic acids is 1. The molecular weight excluding hydrogens is 260 g/mol. The van der Waals surface area contributed by atoms with E-state index < -0.39 is 0 Å². The third kappa shape index (κ3) is 3.58. The monoisotopic (exact) mass is 274 g/mol. The lowest BCUT2D eigenvalue weighted by molar-refractivity contribution is 0.0975. The maximum Gasteiger partial charge on any atom is 0.163 e. The van der Waals surface area contributed by atoms with E-state index in [4.69, 9.17) is 11.6 Å². The van der Waals surface area contributed by atoms with Crippen LogP contribution in [-0.4, -0.2) is 10.9 Å². The summed E-state index contributed by atoms with van der Waals surface area (Å²) < 4.78 is 0. The van der Waals surface area contributed by atoms with Gasteiger partial charge in [0.1, 0.15) is 5.75 Å². The van der Waals surface area contributed by atoms with Gasteiger partial charge >= 0.3 is 0 Å². The van der Waals surface area contributed by atoms with Crippen LogP contribution in [0.2, 0.25) is 5.02 Å². The molecule has 3 heteroatoms. The standard InChI is InChI=1S/C16H15ClO2/c1-11(12-2-6-14(17)7-3-12)10-16(19)13-4-8-15(18)9-5-13/h2-9,11,18H,10H2,1H3. The van der Waals surface area contributed by atoms with Crippen molar-refractivity contribution in [3.8, 4) is 5.75 Å². The van der Waals surface area contributed by atoms with Gasteiger partial charge in [-0.2, -0.15) is 0 Å². The molecule has 0 amide bonds. The Kier molecular flexibility index (Phi) is 4.23. The number of Topliss-reactive ketones (excluding diaryl/α,β-unsaturated/α-hetero) is 1. The van der Waals surface area contributed by atoms with Crippen molar-refractivity contribution in [2.45, 2.75) is 19.3 Å². The Balaban J connectivity index is 2.06. The van der Waals surface area contributed by atoms with E-state index in [1.165, 1.54) is 12.1 Å². The summed E-state index contributed by atoms with van der Waals surface area (Å²) in [6.07, 6.45) is 0.437. The van der Waals surface area contributed by atoms with Crippen LogP contribution in [0, 0.1) is 0 Å². The summed E-state index contributed by atoms with van der Waals surface area (Å²) in [7, 11) is 0. The summed E-state index contributed by atoms with van der Waals surface area (Å²) in [6, 6.07) is 13.9. The lowest BCUT2D eigenvalue weighted by atomic mass is 9.93. The summed E-state index contributed by atoms with van der Waals surface area (Å²) in [4.78, 5) is 12.1. The summed E-state index contributed by atoms with van der Waals surface area (Å²) >= 11 is 5.84. The molecule has 98 valence electrons. The number of phenolic OH excluding ortho intramolecular Hbond substituents is 1. The molecule has 1 atom stereocenters. The van der Waals surface area contributed by atoms with Crippen LogP contribution in [0.1, 0.15) is 35.2 Å². The Morgan fingerprint density at radius 3 is 2.26 bits per heavy atom. The minimum absolute atomic E-state index is 0.0717. The molecule has 0 aromatic heterocycles. The van der Waals surface area contributed by atoms with Crippen LogP contribution in [0.15, 0.2) is 48.5 Å². The summed E-state index contributed by atoms with van der Waals surface area (Å²) in [5, 5.41) is 9.90. The summed E-state index contributed by atoms with van der Waals surface area (Å²) in [6.45, 7) is 2.02. The Hall–Kier alpha value is -1.80. The molecule has 2 nitrogen and oxygen atoms in total. The van der Waals surface area contributed by atoms with Crippen molar-refractivity contribution in [1.29, 1.82) is 0 Å². The normalized spacial score (nSPS) is 12.1. The largest absolute Gasteiger partial charge is 0.508 e. The van der Waals surface area contributed by atoms with E-state index in [2.05, 4.69) is 0 Å². The van der Waals surface area contributed by atoms with Gasteiger partial charge < -0.3 is 5.11 Å². The fraction of sp³-hybridized carbons (Fsp3) is 0.188. The molecule has 0 bridgehead atoms. The van der Waals surface area contributed by atoms with E-state index in [9.17, 15) is 9.90 Å². The van der Waals surface area contributed by atoms with Gasteiger partial charge in [-0.25, -0.2) is 0 Å². The predicted octanol–water partition coefficient (Wildman–Crippen LogP) is 4.42. The fourth-order valence-corrected chi connectivity index (χ4v) is 2.08. The van der Waals surface area contributed by atoms with Gasteiger partial charge in [0.05, 0.1) is 0 Å². The van der Waals surface area contributed by atoms with Crippen LogP contribution in [0.25, 0.3) is 0 Å².